The number of methoxy groups -OCH3 is 1. The van der Waals surface area contributed by atoms with Gasteiger partial charge >= 0.3 is 6.01 Å². The van der Waals surface area contributed by atoms with E-state index in [-0.39, 0.29) is 0 Å². The highest BCUT2D eigenvalue weighted by Crippen LogP contribution is 2.29. The summed E-state index contributed by atoms with van der Waals surface area (Å²) in [6.07, 6.45) is 7.38. The number of nitrogens with one attached hydrogen (secondary N) is 1. The van der Waals surface area contributed by atoms with Crippen LogP contribution >= 0.6 is 11.6 Å². The number of likely N-dealkylation sites (N-methyl/N-ethyl adjacent to an activating group) is 2. The maximum atomic E-state index is 6.29. The molecule has 2 heterocycles. The molecule has 1 aliphatic carbocycles. The molecule has 0 radical (unpaired) electrons. The highest BCUT2D eigenvalue weighted by molar-refractivity contribution is 6.32. The molecule has 1 saturated heterocycles. The molecule has 1 unspecified atom stereocenters. The molecule has 1 aromatic carbocycles. The first-order valence-electron chi connectivity index (χ1n) is 11.4. The van der Waals surface area contributed by atoms with E-state index in [1.165, 1.54) is 32.1 Å². The molecular weight excluding hydrogens is 428 g/mol. The molecule has 2 aliphatic rings. The predicted molar refractivity (Wildman–Crippen MR) is 127 cm³/mol. The van der Waals surface area contributed by atoms with Crippen LogP contribution in [0.4, 0.5) is 17.6 Å². The fourth-order valence-corrected chi connectivity index (χ4v) is 4.69. The number of halogens is 1. The van der Waals surface area contributed by atoms with Crippen LogP contribution in [0.15, 0.2) is 18.2 Å². The highest BCUT2D eigenvalue weighted by atomic mass is 35.5. The van der Waals surface area contributed by atoms with Crippen LogP contribution in [-0.4, -0.2) is 66.8 Å². The van der Waals surface area contributed by atoms with E-state index in [0.717, 1.165) is 25.2 Å². The van der Waals surface area contributed by atoms with Crippen LogP contribution < -0.4 is 19.7 Å². The average Bonchev–Trinajstić information content (AvgIpc) is 3.24. The largest absolute Gasteiger partial charge is 0.495 e. The Hall–Kier alpha value is -2.32. The van der Waals surface area contributed by atoms with Crippen molar-refractivity contribution in [2.45, 2.75) is 44.6 Å². The van der Waals surface area contributed by atoms with E-state index in [1.54, 1.807) is 13.2 Å². The fraction of sp³-hybridized carbons (Fsp3) is 0.609. The lowest BCUT2D eigenvalue weighted by Gasteiger charge is -2.25. The first-order valence-corrected chi connectivity index (χ1v) is 11.8. The minimum atomic E-state index is 0.358. The number of hydrogen-bond acceptors (Lipinski definition) is 8. The third-order valence-corrected chi connectivity index (χ3v) is 6.71. The van der Waals surface area contributed by atoms with Crippen LogP contribution in [0, 0.1) is 5.92 Å². The molecule has 0 spiro atoms. The second-order valence-electron chi connectivity index (χ2n) is 8.85. The van der Waals surface area contributed by atoms with Crippen LogP contribution in [0.25, 0.3) is 0 Å². The Balaban J connectivity index is 1.55. The van der Waals surface area contributed by atoms with Gasteiger partial charge in [-0.2, -0.15) is 15.0 Å². The van der Waals surface area contributed by atoms with E-state index in [4.69, 9.17) is 21.1 Å². The van der Waals surface area contributed by atoms with Gasteiger partial charge in [-0.1, -0.05) is 30.9 Å². The van der Waals surface area contributed by atoms with E-state index in [9.17, 15) is 0 Å². The van der Waals surface area contributed by atoms with Gasteiger partial charge in [-0.05, 0) is 57.0 Å². The third-order valence-electron chi connectivity index (χ3n) is 6.41. The number of benzene rings is 1. The first-order chi connectivity index (χ1) is 15.5. The summed E-state index contributed by atoms with van der Waals surface area (Å²) in [7, 11) is 5.78. The van der Waals surface area contributed by atoms with Crippen LogP contribution in [0.3, 0.4) is 0 Å². The van der Waals surface area contributed by atoms with E-state index < -0.39 is 0 Å². The molecule has 0 bridgehead atoms. The molecule has 0 amide bonds. The Labute approximate surface area is 195 Å². The Morgan fingerprint density at radius 3 is 2.66 bits per heavy atom. The van der Waals surface area contributed by atoms with Crippen molar-refractivity contribution < 1.29 is 9.47 Å². The number of aromatic nitrogens is 3. The molecule has 1 aromatic heterocycles. The minimum Gasteiger partial charge on any atom is -0.495 e. The van der Waals surface area contributed by atoms with Gasteiger partial charge in [0.1, 0.15) is 5.75 Å². The zero-order valence-electron chi connectivity index (χ0n) is 19.2. The molecule has 9 heteroatoms. The van der Waals surface area contributed by atoms with Crippen molar-refractivity contribution in [1.29, 1.82) is 0 Å². The van der Waals surface area contributed by atoms with Crippen molar-refractivity contribution in [1.82, 2.24) is 19.9 Å². The van der Waals surface area contributed by atoms with Crippen LogP contribution in [0.2, 0.25) is 5.02 Å². The monoisotopic (exact) mass is 460 g/mol. The Bertz CT molecular complexity index is 908. The summed E-state index contributed by atoms with van der Waals surface area (Å²) < 4.78 is 11.3. The van der Waals surface area contributed by atoms with E-state index in [1.807, 2.05) is 19.2 Å². The van der Waals surface area contributed by atoms with E-state index in [0.29, 0.717) is 47.2 Å². The molecule has 1 N–H and O–H groups in total. The molecule has 1 atom stereocenters. The zero-order chi connectivity index (χ0) is 22.5. The fourth-order valence-electron chi connectivity index (χ4n) is 4.43. The van der Waals surface area contributed by atoms with Crippen LogP contribution in [0.1, 0.15) is 38.5 Å². The van der Waals surface area contributed by atoms with Crippen LogP contribution in [0.5, 0.6) is 11.8 Å². The quantitative estimate of drug-likeness (QED) is 0.622. The summed E-state index contributed by atoms with van der Waals surface area (Å²) in [5.74, 6) is 2.24. The molecule has 4 rings (SSSR count). The smallest absolute Gasteiger partial charge is 0.323 e. The second-order valence-corrected chi connectivity index (χ2v) is 9.25. The van der Waals surface area contributed by atoms with E-state index in [2.05, 4.69) is 37.1 Å². The summed E-state index contributed by atoms with van der Waals surface area (Å²) in [5, 5.41) is 3.77. The zero-order valence-corrected chi connectivity index (χ0v) is 19.9. The Morgan fingerprint density at radius 1 is 1.16 bits per heavy atom. The Kier molecular flexibility index (Phi) is 7.52. The van der Waals surface area contributed by atoms with Gasteiger partial charge in [-0.3, -0.25) is 0 Å². The van der Waals surface area contributed by atoms with Gasteiger partial charge in [-0.25, -0.2) is 0 Å². The van der Waals surface area contributed by atoms with Gasteiger partial charge in [-0.15, -0.1) is 0 Å². The lowest BCUT2D eigenvalue weighted by molar-refractivity contribution is 0.196. The molecule has 174 valence electrons. The van der Waals surface area contributed by atoms with Gasteiger partial charge in [0.2, 0.25) is 11.9 Å². The van der Waals surface area contributed by atoms with Gasteiger partial charge in [0.15, 0.2) is 0 Å². The normalized spacial score (nSPS) is 19.7. The van der Waals surface area contributed by atoms with Gasteiger partial charge < -0.3 is 24.6 Å². The van der Waals surface area contributed by atoms with Crippen molar-refractivity contribution in [2.75, 3.05) is 51.1 Å². The Morgan fingerprint density at radius 2 is 1.97 bits per heavy atom. The summed E-state index contributed by atoms with van der Waals surface area (Å²) in [4.78, 5) is 18.3. The number of hydrogen-bond donors (Lipinski definition) is 1. The second kappa shape index (κ2) is 10.5. The third kappa shape index (κ3) is 5.72. The molecule has 2 aromatic rings. The van der Waals surface area contributed by atoms with Crippen molar-refractivity contribution in [3.63, 3.8) is 0 Å². The topological polar surface area (TPSA) is 75.6 Å². The molecule has 32 heavy (non-hydrogen) atoms. The molecule has 1 saturated carbocycles. The number of ether oxygens (including phenoxy) is 2. The lowest BCUT2D eigenvalue weighted by atomic mass is 9.90. The standard InChI is InChI=1S/C23H33ClN6O2/c1-29-12-11-18(14-29)30(2)22-26-21(25-17-9-10-20(31-3)19(24)13-17)27-23(28-22)32-15-16-7-5-4-6-8-16/h9-10,13,16,18H,4-8,11-12,14-15H2,1-3H3,(H,25,26,27,28). The van der Waals surface area contributed by atoms with Crippen molar-refractivity contribution in [3.05, 3.63) is 23.2 Å². The van der Waals surface area contributed by atoms with E-state index >= 15 is 0 Å². The number of anilines is 3. The first kappa shape index (κ1) is 22.9. The van der Waals surface area contributed by atoms with Gasteiger partial charge in [0.05, 0.1) is 18.7 Å². The highest BCUT2D eigenvalue weighted by Gasteiger charge is 2.26. The summed E-state index contributed by atoms with van der Waals surface area (Å²) in [5.41, 5.74) is 0.773. The maximum Gasteiger partial charge on any atom is 0.323 e. The molecule has 1 aliphatic heterocycles. The summed E-state index contributed by atoms with van der Waals surface area (Å²) in [6, 6.07) is 6.21. The van der Waals surface area contributed by atoms with Crippen molar-refractivity contribution in [3.8, 4) is 11.8 Å². The predicted octanol–water partition coefficient (Wildman–Crippen LogP) is 4.38. The van der Waals surface area contributed by atoms with Crippen molar-refractivity contribution in [2.24, 2.45) is 5.92 Å². The molecule has 8 nitrogen and oxygen atoms in total. The van der Waals surface area contributed by atoms with Crippen LogP contribution in [-0.2, 0) is 0 Å². The maximum absolute atomic E-state index is 6.29. The SMILES string of the molecule is COc1ccc(Nc2nc(OCC3CCCCC3)nc(N(C)C3CCN(C)C3)n2)cc1Cl. The van der Waals surface area contributed by atoms with Gasteiger partial charge in [0, 0.05) is 25.3 Å². The molecule has 2 fully saturated rings. The summed E-state index contributed by atoms with van der Waals surface area (Å²) >= 11 is 6.29. The average molecular weight is 461 g/mol. The lowest BCUT2D eigenvalue weighted by Crippen LogP contribution is -2.35. The number of nitrogens with zero attached hydrogens (tertiary/aromatic N) is 5. The number of likely N-dealkylation sites (tertiary alicyclic amines) is 1. The molecular formula is C23H33ClN6O2. The van der Waals surface area contributed by atoms with Gasteiger partial charge in [0.25, 0.3) is 0 Å². The summed E-state index contributed by atoms with van der Waals surface area (Å²) in [6.45, 7) is 2.70. The minimum absolute atomic E-state index is 0.358. The van der Waals surface area contributed by atoms with Crippen molar-refractivity contribution >= 4 is 29.2 Å². The number of rotatable bonds is 8.